The van der Waals surface area contributed by atoms with Gasteiger partial charge in [0.15, 0.2) is 17.6 Å². The Morgan fingerprint density at radius 2 is 1.70 bits per heavy atom. The van der Waals surface area contributed by atoms with Crippen LogP contribution in [-0.4, -0.2) is 32.8 Å². The van der Waals surface area contributed by atoms with Crippen molar-refractivity contribution in [3.8, 4) is 17.2 Å². The van der Waals surface area contributed by atoms with E-state index in [4.69, 9.17) is 25.8 Å². The molecular formula is C21H26ClNO4. The van der Waals surface area contributed by atoms with E-state index >= 15 is 0 Å². The average molecular weight is 392 g/mol. The molecule has 5 nitrogen and oxygen atoms in total. The van der Waals surface area contributed by atoms with E-state index in [1.807, 2.05) is 44.2 Å². The van der Waals surface area contributed by atoms with E-state index in [0.29, 0.717) is 30.2 Å². The predicted molar refractivity (Wildman–Crippen MR) is 107 cm³/mol. The molecule has 2 rings (SSSR count). The van der Waals surface area contributed by atoms with Gasteiger partial charge < -0.3 is 19.5 Å². The van der Waals surface area contributed by atoms with E-state index in [-0.39, 0.29) is 5.91 Å². The number of halogens is 1. The van der Waals surface area contributed by atoms with E-state index in [1.165, 1.54) is 0 Å². The molecule has 0 fully saturated rings. The van der Waals surface area contributed by atoms with Crippen molar-refractivity contribution in [1.82, 2.24) is 5.32 Å². The predicted octanol–water partition coefficient (Wildman–Crippen LogP) is 4.10. The molecule has 0 aliphatic carbocycles. The molecule has 0 saturated heterocycles. The Hall–Kier alpha value is -2.40. The van der Waals surface area contributed by atoms with Crippen LogP contribution < -0.4 is 19.5 Å². The second-order valence-electron chi connectivity index (χ2n) is 6.36. The number of rotatable bonds is 8. The molecule has 0 spiro atoms. The molecule has 146 valence electrons. The SMILES string of the molecule is COc1ccc(CCNC(=O)C(C)Oc2cc(C)c(Cl)c(C)c2)cc1OC. The van der Waals surface area contributed by atoms with E-state index in [9.17, 15) is 4.79 Å². The number of methoxy groups -OCH3 is 2. The van der Waals surface area contributed by atoms with Crippen LogP contribution in [0.25, 0.3) is 0 Å². The van der Waals surface area contributed by atoms with Gasteiger partial charge in [0, 0.05) is 11.6 Å². The number of nitrogens with one attached hydrogen (secondary N) is 1. The third kappa shape index (κ3) is 5.54. The van der Waals surface area contributed by atoms with Crippen LogP contribution in [0.3, 0.4) is 0 Å². The van der Waals surface area contributed by atoms with Crippen LogP contribution in [0.5, 0.6) is 17.2 Å². The molecule has 0 aliphatic heterocycles. The zero-order valence-electron chi connectivity index (χ0n) is 16.4. The summed E-state index contributed by atoms with van der Waals surface area (Å²) in [6.07, 6.45) is 0.0770. The zero-order valence-corrected chi connectivity index (χ0v) is 17.1. The molecule has 6 heteroatoms. The summed E-state index contributed by atoms with van der Waals surface area (Å²) in [7, 11) is 3.20. The minimum Gasteiger partial charge on any atom is -0.493 e. The number of ether oxygens (including phenoxy) is 3. The summed E-state index contributed by atoms with van der Waals surface area (Å²) in [6.45, 7) is 6.05. The molecule has 0 radical (unpaired) electrons. The Labute approximate surface area is 165 Å². The Kier molecular flexibility index (Phi) is 7.36. The van der Waals surface area contributed by atoms with Gasteiger partial charge in [-0.15, -0.1) is 0 Å². The molecule has 0 aromatic heterocycles. The maximum absolute atomic E-state index is 12.3. The Morgan fingerprint density at radius 1 is 1.07 bits per heavy atom. The molecule has 0 aliphatic rings. The summed E-state index contributed by atoms with van der Waals surface area (Å²) < 4.78 is 16.3. The van der Waals surface area contributed by atoms with Gasteiger partial charge in [-0.25, -0.2) is 0 Å². The molecule has 2 aromatic rings. The highest BCUT2D eigenvalue weighted by atomic mass is 35.5. The molecular weight excluding hydrogens is 366 g/mol. The number of benzene rings is 2. The van der Waals surface area contributed by atoms with Crippen LogP contribution in [0.4, 0.5) is 0 Å². The summed E-state index contributed by atoms with van der Waals surface area (Å²) in [5.41, 5.74) is 2.89. The summed E-state index contributed by atoms with van der Waals surface area (Å²) >= 11 is 6.16. The van der Waals surface area contributed by atoms with Crippen LogP contribution in [0.1, 0.15) is 23.6 Å². The third-order valence-corrected chi connectivity index (χ3v) is 4.85. The molecule has 0 bridgehead atoms. The molecule has 0 saturated carbocycles. The second kappa shape index (κ2) is 9.51. The van der Waals surface area contributed by atoms with Gasteiger partial charge in [0.2, 0.25) is 0 Å². The first-order valence-corrected chi connectivity index (χ1v) is 9.15. The number of carbonyl (C=O) groups is 1. The van der Waals surface area contributed by atoms with Gasteiger partial charge in [-0.05, 0) is 68.1 Å². The summed E-state index contributed by atoms with van der Waals surface area (Å²) in [5.74, 6) is 1.82. The lowest BCUT2D eigenvalue weighted by molar-refractivity contribution is -0.127. The second-order valence-corrected chi connectivity index (χ2v) is 6.74. The fraction of sp³-hybridized carbons (Fsp3) is 0.381. The fourth-order valence-electron chi connectivity index (χ4n) is 2.74. The van der Waals surface area contributed by atoms with Crippen molar-refractivity contribution < 1.29 is 19.0 Å². The van der Waals surface area contributed by atoms with Crippen LogP contribution in [0, 0.1) is 13.8 Å². The first-order chi connectivity index (χ1) is 12.8. The van der Waals surface area contributed by atoms with E-state index in [1.54, 1.807) is 21.1 Å². The smallest absolute Gasteiger partial charge is 0.260 e. The zero-order chi connectivity index (χ0) is 20.0. The number of aryl methyl sites for hydroxylation is 2. The van der Waals surface area contributed by atoms with Gasteiger partial charge in [-0.3, -0.25) is 4.79 Å². The quantitative estimate of drug-likeness (QED) is 0.736. The van der Waals surface area contributed by atoms with Crippen molar-refractivity contribution >= 4 is 17.5 Å². The fourth-order valence-corrected chi connectivity index (χ4v) is 2.85. The monoisotopic (exact) mass is 391 g/mol. The highest BCUT2D eigenvalue weighted by Gasteiger charge is 2.15. The Bertz CT molecular complexity index is 784. The third-order valence-electron chi connectivity index (χ3n) is 4.25. The Morgan fingerprint density at radius 3 is 2.30 bits per heavy atom. The lowest BCUT2D eigenvalue weighted by atomic mass is 10.1. The van der Waals surface area contributed by atoms with Crippen molar-refractivity contribution in [2.24, 2.45) is 0 Å². The standard InChI is InChI=1S/C21H26ClNO4/c1-13-10-17(11-14(2)20(13)22)27-15(3)21(24)23-9-8-16-6-7-18(25-4)19(12-16)26-5/h6-7,10-12,15H,8-9H2,1-5H3,(H,23,24). The molecule has 2 aromatic carbocycles. The van der Waals surface area contributed by atoms with Gasteiger partial charge in [0.25, 0.3) is 5.91 Å². The minimum atomic E-state index is -0.602. The van der Waals surface area contributed by atoms with Crippen LogP contribution >= 0.6 is 11.6 Å². The lowest BCUT2D eigenvalue weighted by Crippen LogP contribution is -2.37. The highest BCUT2D eigenvalue weighted by molar-refractivity contribution is 6.32. The molecule has 1 amide bonds. The Balaban J connectivity index is 1.88. The van der Waals surface area contributed by atoms with Crippen LogP contribution in [0.2, 0.25) is 5.02 Å². The van der Waals surface area contributed by atoms with Gasteiger partial charge >= 0.3 is 0 Å². The van der Waals surface area contributed by atoms with E-state index < -0.39 is 6.10 Å². The number of hydrogen-bond donors (Lipinski definition) is 1. The van der Waals surface area contributed by atoms with E-state index in [2.05, 4.69) is 5.32 Å². The van der Waals surface area contributed by atoms with Gasteiger partial charge in [0.1, 0.15) is 5.75 Å². The molecule has 1 N–H and O–H groups in total. The number of hydrogen-bond acceptors (Lipinski definition) is 4. The molecule has 1 atom stereocenters. The topological polar surface area (TPSA) is 56.8 Å². The van der Waals surface area contributed by atoms with Gasteiger partial charge in [0.05, 0.1) is 14.2 Å². The summed E-state index contributed by atoms with van der Waals surface area (Å²) in [6, 6.07) is 9.38. The van der Waals surface area contributed by atoms with Gasteiger partial charge in [-0.2, -0.15) is 0 Å². The minimum absolute atomic E-state index is 0.166. The van der Waals surface area contributed by atoms with E-state index in [0.717, 1.165) is 21.7 Å². The van der Waals surface area contributed by atoms with Crippen molar-refractivity contribution in [2.75, 3.05) is 20.8 Å². The van der Waals surface area contributed by atoms with Crippen molar-refractivity contribution in [1.29, 1.82) is 0 Å². The average Bonchev–Trinajstić information content (AvgIpc) is 2.65. The van der Waals surface area contributed by atoms with Crippen LogP contribution in [-0.2, 0) is 11.2 Å². The molecule has 27 heavy (non-hydrogen) atoms. The normalized spacial score (nSPS) is 11.6. The van der Waals surface area contributed by atoms with Crippen molar-refractivity contribution in [3.63, 3.8) is 0 Å². The summed E-state index contributed by atoms with van der Waals surface area (Å²) in [5, 5.41) is 3.61. The highest BCUT2D eigenvalue weighted by Crippen LogP contribution is 2.28. The molecule has 0 heterocycles. The largest absolute Gasteiger partial charge is 0.493 e. The van der Waals surface area contributed by atoms with Crippen molar-refractivity contribution in [2.45, 2.75) is 33.3 Å². The van der Waals surface area contributed by atoms with Crippen molar-refractivity contribution in [3.05, 3.63) is 52.0 Å². The maximum Gasteiger partial charge on any atom is 0.260 e. The lowest BCUT2D eigenvalue weighted by Gasteiger charge is -2.16. The summed E-state index contributed by atoms with van der Waals surface area (Å²) in [4.78, 5) is 12.3. The number of carbonyl (C=O) groups excluding carboxylic acids is 1. The first-order valence-electron chi connectivity index (χ1n) is 8.77. The number of amides is 1. The first kappa shape index (κ1) is 20.9. The maximum atomic E-state index is 12.3. The molecule has 1 unspecified atom stereocenters. The van der Waals surface area contributed by atoms with Crippen LogP contribution in [0.15, 0.2) is 30.3 Å². The van der Waals surface area contributed by atoms with Gasteiger partial charge in [-0.1, -0.05) is 17.7 Å².